The highest BCUT2D eigenvalue weighted by Gasteiger charge is 2.32. The molecule has 0 saturated carbocycles. The summed E-state index contributed by atoms with van der Waals surface area (Å²) in [6.45, 7) is 8.84. The van der Waals surface area contributed by atoms with Crippen LogP contribution in [-0.4, -0.2) is 23.6 Å². The van der Waals surface area contributed by atoms with E-state index >= 15 is 0 Å². The van der Waals surface area contributed by atoms with Crippen LogP contribution in [0.15, 0.2) is 85.5 Å². The average Bonchev–Trinajstić information content (AvgIpc) is 2.78. The fourth-order valence-corrected chi connectivity index (χ4v) is 4.56. The van der Waals surface area contributed by atoms with Gasteiger partial charge >= 0.3 is 0 Å². The van der Waals surface area contributed by atoms with Gasteiger partial charge in [-0.15, -0.1) is 6.58 Å². The molecule has 0 saturated heterocycles. The van der Waals surface area contributed by atoms with Crippen molar-refractivity contribution in [3.63, 3.8) is 0 Å². The van der Waals surface area contributed by atoms with Crippen LogP contribution in [0.1, 0.15) is 50.2 Å². The van der Waals surface area contributed by atoms with Gasteiger partial charge in [-0.25, -0.2) is 0 Å². The van der Waals surface area contributed by atoms with Crippen molar-refractivity contribution >= 4 is 0 Å². The highest BCUT2D eigenvalue weighted by Crippen LogP contribution is 2.32. The Bertz CT molecular complexity index is 755. The van der Waals surface area contributed by atoms with Gasteiger partial charge in [-0.2, -0.15) is 0 Å². The molecule has 0 N–H and O–H groups in total. The highest BCUT2D eigenvalue weighted by molar-refractivity contribution is 5.17. The number of nitrogens with zero attached hydrogens (tertiary/aromatic N) is 1. The molecule has 2 aromatic carbocycles. The minimum atomic E-state index is 0.520. The zero-order valence-electron chi connectivity index (χ0n) is 18.5. The molecule has 0 radical (unpaired) electrons. The first-order valence-corrected chi connectivity index (χ1v) is 11.5. The number of ether oxygens (including phenoxy) is 1. The molecule has 3 atom stereocenters. The maximum atomic E-state index is 5.98. The van der Waals surface area contributed by atoms with E-state index in [-0.39, 0.29) is 0 Å². The molecule has 0 spiro atoms. The summed E-state index contributed by atoms with van der Waals surface area (Å²) in [7, 11) is 0. The summed E-state index contributed by atoms with van der Waals surface area (Å²) < 4.78 is 5.98. The second kappa shape index (κ2) is 12.5. The van der Waals surface area contributed by atoms with Crippen LogP contribution in [-0.2, 0) is 17.9 Å². The molecule has 2 heteroatoms. The van der Waals surface area contributed by atoms with E-state index in [1.54, 1.807) is 0 Å². The third-order valence-electron chi connectivity index (χ3n) is 6.06. The van der Waals surface area contributed by atoms with Gasteiger partial charge in [0.05, 0.1) is 6.61 Å². The normalized spacial score (nSPS) is 21.6. The van der Waals surface area contributed by atoms with Crippen LogP contribution in [0.3, 0.4) is 0 Å². The van der Waals surface area contributed by atoms with Crippen molar-refractivity contribution < 1.29 is 4.74 Å². The molecule has 0 fully saturated rings. The lowest BCUT2D eigenvalue weighted by atomic mass is 9.84. The molecule has 2 aromatic rings. The monoisotopic (exact) mass is 403 g/mol. The quantitative estimate of drug-likeness (QED) is 0.286. The number of allylic oxidation sites excluding steroid dienone is 1. The molecule has 0 bridgehead atoms. The molecule has 30 heavy (non-hydrogen) atoms. The first-order valence-electron chi connectivity index (χ1n) is 11.5. The van der Waals surface area contributed by atoms with Crippen LogP contribution in [0.5, 0.6) is 0 Å². The minimum absolute atomic E-state index is 0.520. The minimum Gasteiger partial charge on any atom is -0.377 e. The molecule has 0 aromatic heterocycles. The first kappa shape index (κ1) is 22.5. The Morgan fingerprint density at radius 2 is 1.63 bits per heavy atom. The predicted molar refractivity (Wildman–Crippen MR) is 127 cm³/mol. The fourth-order valence-electron chi connectivity index (χ4n) is 4.56. The van der Waals surface area contributed by atoms with Crippen molar-refractivity contribution in [1.82, 2.24) is 4.90 Å². The van der Waals surface area contributed by atoms with Crippen LogP contribution in [0.2, 0.25) is 0 Å². The number of rotatable bonds is 12. The molecule has 3 rings (SSSR count). The number of hydrogen-bond acceptors (Lipinski definition) is 2. The summed E-state index contributed by atoms with van der Waals surface area (Å²) in [6.07, 6.45) is 12.7. The van der Waals surface area contributed by atoms with E-state index in [1.807, 2.05) is 6.07 Å². The third-order valence-corrected chi connectivity index (χ3v) is 6.06. The molecule has 160 valence electrons. The SMILES string of the molecule is C=CC[C@@H]1C=C[C@@H](CCC)N(Cc2ccccc2)[C@H]1CCCOCc1ccccc1. The largest absolute Gasteiger partial charge is 0.377 e. The Hall–Kier alpha value is -2.16. The third kappa shape index (κ3) is 6.68. The maximum Gasteiger partial charge on any atom is 0.0716 e. The van der Waals surface area contributed by atoms with Crippen LogP contribution < -0.4 is 0 Å². The van der Waals surface area contributed by atoms with Crippen molar-refractivity contribution in [1.29, 1.82) is 0 Å². The summed E-state index contributed by atoms with van der Waals surface area (Å²) in [5, 5.41) is 0. The Kier molecular flexibility index (Phi) is 9.40. The van der Waals surface area contributed by atoms with Crippen LogP contribution in [0.4, 0.5) is 0 Å². The van der Waals surface area contributed by atoms with Gasteiger partial charge in [0.25, 0.3) is 0 Å². The smallest absolute Gasteiger partial charge is 0.0716 e. The van der Waals surface area contributed by atoms with Gasteiger partial charge in [-0.1, -0.05) is 92.2 Å². The van der Waals surface area contributed by atoms with Crippen molar-refractivity contribution in [2.24, 2.45) is 5.92 Å². The zero-order valence-corrected chi connectivity index (χ0v) is 18.5. The van der Waals surface area contributed by atoms with E-state index in [0.29, 0.717) is 24.6 Å². The molecule has 1 aliphatic heterocycles. The standard InChI is InChI=1S/C28H37NO/c1-3-12-26-19-20-27(13-4-2)29(22-24-14-7-5-8-15-24)28(26)18-11-21-30-23-25-16-9-6-10-17-25/h3,5-10,14-17,19-20,26-28H,1,4,11-13,18,21-23H2,2H3/t26-,27-,28+/m1/s1. The van der Waals surface area contributed by atoms with Crippen molar-refractivity contribution in [2.75, 3.05) is 6.61 Å². The molecule has 1 aliphatic rings. The second-order valence-corrected chi connectivity index (χ2v) is 8.33. The molecule has 0 amide bonds. The van der Waals surface area contributed by atoms with Crippen molar-refractivity contribution in [3.8, 4) is 0 Å². The highest BCUT2D eigenvalue weighted by atomic mass is 16.5. The molecular formula is C28H37NO. The Labute approximate surface area is 183 Å². The van der Waals surface area contributed by atoms with Crippen molar-refractivity contribution in [3.05, 3.63) is 96.6 Å². The van der Waals surface area contributed by atoms with Gasteiger partial charge in [0, 0.05) is 25.2 Å². The molecular weight excluding hydrogens is 366 g/mol. The maximum absolute atomic E-state index is 5.98. The van der Waals surface area contributed by atoms with Crippen LogP contribution >= 0.6 is 0 Å². The zero-order chi connectivity index (χ0) is 21.0. The van der Waals surface area contributed by atoms with Gasteiger partial charge in [-0.05, 0) is 42.7 Å². The van der Waals surface area contributed by atoms with E-state index in [2.05, 4.69) is 91.2 Å². The second-order valence-electron chi connectivity index (χ2n) is 8.33. The van der Waals surface area contributed by atoms with Gasteiger partial charge in [0.2, 0.25) is 0 Å². The van der Waals surface area contributed by atoms with Crippen molar-refractivity contribution in [2.45, 2.75) is 64.3 Å². The van der Waals surface area contributed by atoms with Gasteiger partial charge in [0.15, 0.2) is 0 Å². The number of hydrogen-bond donors (Lipinski definition) is 0. The molecule has 0 aliphatic carbocycles. The first-order chi connectivity index (χ1) is 14.8. The molecule has 2 nitrogen and oxygen atoms in total. The summed E-state index contributed by atoms with van der Waals surface area (Å²) >= 11 is 0. The van der Waals surface area contributed by atoms with E-state index in [1.165, 1.54) is 24.0 Å². The Morgan fingerprint density at radius 1 is 0.933 bits per heavy atom. The van der Waals surface area contributed by atoms with Gasteiger partial charge in [0.1, 0.15) is 0 Å². The lowest BCUT2D eigenvalue weighted by Crippen LogP contribution is -2.48. The predicted octanol–water partition coefficient (Wildman–Crippen LogP) is 6.79. The molecule has 0 unspecified atom stereocenters. The molecule has 1 heterocycles. The summed E-state index contributed by atoms with van der Waals surface area (Å²) in [5.74, 6) is 0.536. The fraction of sp³-hybridized carbons (Fsp3) is 0.429. The lowest BCUT2D eigenvalue weighted by Gasteiger charge is -2.43. The van der Waals surface area contributed by atoms with Gasteiger partial charge in [-0.3, -0.25) is 4.90 Å². The van der Waals surface area contributed by atoms with E-state index in [4.69, 9.17) is 4.74 Å². The Balaban J connectivity index is 1.63. The van der Waals surface area contributed by atoms with Crippen LogP contribution in [0, 0.1) is 5.92 Å². The van der Waals surface area contributed by atoms with Gasteiger partial charge < -0.3 is 4.74 Å². The van der Waals surface area contributed by atoms with E-state index < -0.39 is 0 Å². The lowest BCUT2D eigenvalue weighted by molar-refractivity contribution is 0.0723. The van der Waals surface area contributed by atoms with E-state index in [9.17, 15) is 0 Å². The van der Waals surface area contributed by atoms with E-state index in [0.717, 1.165) is 32.4 Å². The van der Waals surface area contributed by atoms with Crippen LogP contribution in [0.25, 0.3) is 0 Å². The topological polar surface area (TPSA) is 12.5 Å². The summed E-state index contributed by atoms with van der Waals surface area (Å²) in [4.78, 5) is 2.74. The Morgan fingerprint density at radius 3 is 2.30 bits per heavy atom. The summed E-state index contributed by atoms with van der Waals surface area (Å²) in [6, 6.07) is 22.4. The average molecular weight is 404 g/mol. The number of benzene rings is 2. The summed E-state index contributed by atoms with van der Waals surface area (Å²) in [5.41, 5.74) is 2.65.